The second-order valence-corrected chi connectivity index (χ2v) is 10.8. The molecule has 1 saturated carbocycles. The first-order valence-electron chi connectivity index (χ1n) is 11.4. The Morgan fingerprint density at radius 3 is 2.62 bits per heavy atom. The molecular formula is C24H24ClFN6OS. The van der Waals surface area contributed by atoms with Gasteiger partial charge in [-0.3, -0.25) is 4.79 Å². The predicted octanol–water partition coefficient (Wildman–Crippen LogP) is 5.02. The highest BCUT2D eigenvalue weighted by Gasteiger charge is 2.59. The molecule has 2 aliphatic heterocycles. The zero-order chi connectivity index (χ0) is 23.6. The van der Waals surface area contributed by atoms with Crippen LogP contribution < -0.4 is 5.32 Å². The van der Waals surface area contributed by atoms with Crippen molar-refractivity contribution in [1.29, 1.82) is 0 Å². The lowest BCUT2D eigenvalue weighted by atomic mass is 9.91. The Morgan fingerprint density at radius 2 is 1.94 bits per heavy atom. The minimum atomic E-state index is -0.580. The Labute approximate surface area is 206 Å². The largest absolute Gasteiger partial charge is 0.331 e. The Kier molecular flexibility index (Phi) is 5.13. The summed E-state index contributed by atoms with van der Waals surface area (Å²) < 4.78 is 14.8. The minimum Gasteiger partial charge on any atom is -0.331 e. The number of nitrogens with zero attached hydrogens (tertiary/aromatic N) is 5. The standard InChI is InChI=1S/C24H24ClFN6OS/c1-31-9-5-13(6-10-31)14-3-4-16(27-11-14)29-23-28-12-15(26)19(30-23)20-18(25)17-21(34-20)24(7-8-24)32(2)22(17)33/h3-4,11-13H,5-10H2,1-2H3,(H,27,28,29,30). The molecule has 1 N–H and O–H groups in total. The van der Waals surface area contributed by atoms with Gasteiger partial charge in [0.25, 0.3) is 5.91 Å². The normalized spacial score (nSPS) is 19.6. The number of carbonyl (C=O) groups is 1. The molecule has 10 heteroatoms. The Hall–Kier alpha value is -2.62. The molecule has 3 aromatic rings. The number of pyridine rings is 1. The van der Waals surface area contributed by atoms with Gasteiger partial charge >= 0.3 is 0 Å². The van der Waals surface area contributed by atoms with E-state index in [2.05, 4.69) is 38.3 Å². The molecule has 0 atom stereocenters. The van der Waals surface area contributed by atoms with Crippen molar-refractivity contribution in [3.8, 4) is 10.6 Å². The van der Waals surface area contributed by atoms with Crippen LogP contribution >= 0.6 is 22.9 Å². The summed E-state index contributed by atoms with van der Waals surface area (Å²) in [5.74, 6) is 0.643. The van der Waals surface area contributed by atoms with Crippen LogP contribution in [0.2, 0.25) is 5.02 Å². The number of likely N-dealkylation sites (tertiary alicyclic amines) is 1. The van der Waals surface area contributed by atoms with Gasteiger partial charge in [-0.1, -0.05) is 17.7 Å². The number of aromatic nitrogens is 3. The van der Waals surface area contributed by atoms with Crippen LogP contribution in [-0.2, 0) is 5.54 Å². The molecule has 0 unspecified atom stereocenters. The third-order valence-electron chi connectivity index (χ3n) is 7.33. The van der Waals surface area contributed by atoms with Crippen LogP contribution in [0.5, 0.6) is 0 Å². The minimum absolute atomic E-state index is 0.0936. The summed E-state index contributed by atoms with van der Waals surface area (Å²) in [4.78, 5) is 31.3. The molecule has 0 bridgehead atoms. The molecule has 1 aliphatic carbocycles. The Balaban J connectivity index is 1.26. The van der Waals surface area contributed by atoms with E-state index < -0.39 is 5.82 Å². The second-order valence-electron chi connectivity index (χ2n) is 9.41. The molecule has 7 nitrogen and oxygen atoms in total. The SMILES string of the molecule is CN1CCC(c2ccc(Nc3ncc(F)c(-c4sc5c(c4Cl)C(=O)N(C)C54CC4)n3)nc2)CC1. The lowest BCUT2D eigenvalue weighted by Crippen LogP contribution is -2.29. The van der Waals surface area contributed by atoms with Gasteiger partial charge in [-0.05, 0) is 63.4 Å². The average Bonchev–Trinajstić information content (AvgIpc) is 3.54. The highest BCUT2D eigenvalue weighted by Crippen LogP contribution is 2.61. The molecule has 0 radical (unpaired) electrons. The lowest BCUT2D eigenvalue weighted by Gasteiger charge is -2.29. The first-order chi connectivity index (χ1) is 16.4. The van der Waals surface area contributed by atoms with E-state index >= 15 is 0 Å². The number of hydrogen-bond donors (Lipinski definition) is 1. The first kappa shape index (κ1) is 21.9. The van der Waals surface area contributed by atoms with E-state index in [-0.39, 0.29) is 28.1 Å². The van der Waals surface area contributed by atoms with Gasteiger partial charge in [0.2, 0.25) is 5.95 Å². The van der Waals surface area contributed by atoms with E-state index in [1.54, 1.807) is 11.9 Å². The summed E-state index contributed by atoms with van der Waals surface area (Å²) in [6.45, 7) is 2.18. The van der Waals surface area contributed by atoms with Gasteiger partial charge in [-0.25, -0.2) is 19.3 Å². The number of fused-ring (bicyclic) bond motifs is 2. The number of hydrogen-bond acceptors (Lipinski definition) is 7. The lowest BCUT2D eigenvalue weighted by molar-refractivity contribution is 0.0756. The van der Waals surface area contributed by atoms with E-state index in [1.165, 1.54) is 16.9 Å². The average molecular weight is 499 g/mol. The number of nitrogens with one attached hydrogen (secondary N) is 1. The zero-order valence-electron chi connectivity index (χ0n) is 18.9. The van der Waals surface area contributed by atoms with E-state index in [0.717, 1.165) is 49.8 Å². The zero-order valence-corrected chi connectivity index (χ0v) is 20.5. The number of rotatable bonds is 4. The van der Waals surface area contributed by atoms with Crippen molar-refractivity contribution < 1.29 is 9.18 Å². The van der Waals surface area contributed by atoms with Gasteiger partial charge in [0.05, 0.1) is 27.2 Å². The van der Waals surface area contributed by atoms with E-state index in [0.29, 0.717) is 22.2 Å². The molecular weight excluding hydrogens is 475 g/mol. The third-order valence-corrected chi connectivity index (χ3v) is 9.21. The van der Waals surface area contributed by atoms with Crippen LogP contribution in [0.25, 0.3) is 10.6 Å². The maximum absolute atomic E-state index is 14.8. The third kappa shape index (κ3) is 3.40. The number of halogens is 2. The summed E-state index contributed by atoms with van der Waals surface area (Å²) in [6, 6.07) is 3.98. The molecule has 3 aliphatic rings. The van der Waals surface area contributed by atoms with E-state index in [4.69, 9.17) is 11.6 Å². The molecule has 1 amide bonds. The fraction of sp³-hybridized carbons (Fsp3) is 0.417. The maximum atomic E-state index is 14.8. The fourth-order valence-electron chi connectivity index (χ4n) is 5.04. The van der Waals surface area contributed by atoms with Gasteiger partial charge in [0.1, 0.15) is 11.5 Å². The van der Waals surface area contributed by atoms with Crippen molar-refractivity contribution in [2.24, 2.45) is 0 Å². The van der Waals surface area contributed by atoms with Crippen molar-refractivity contribution in [1.82, 2.24) is 24.8 Å². The highest BCUT2D eigenvalue weighted by atomic mass is 35.5. The first-order valence-corrected chi connectivity index (χ1v) is 12.6. The van der Waals surface area contributed by atoms with Crippen LogP contribution in [0.1, 0.15) is 52.4 Å². The molecule has 2 fully saturated rings. The van der Waals surface area contributed by atoms with Crippen molar-refractivity contribution in [3.05, 3.63) is 51.4 Å². The summed E-state index contributed by atoms with van der Waals surface area (Å²) in [5, 5.41) is 3.34. The Bertz CT molecular complexity index is 1280. The molecule has 1 spiro atoms. The van der Waals surface area contributed by atoms with Gasteiger partial charge in [0, 0.05) is 18.1 Å². The van der Waals surface area contributed by atoms with E-state index in [9.17, 15) is 9.18 Å². The molecule has 176 valence electrons. The number of piperidine rings is 1. The monoisotopic (exact) mass is 498 g/mol. The van der Waals surface area contributed by atoms with Crippen LogP contribution in [0.4, 0.5) is 16.2 Å². The highest BCUT2D eigenvalue weighted by molar-refractivity contribution is 7.17. The number of anilines is 2. The fourth-order valence-corrected chi connectivity index (χ4v) is 6.94. The van der Waals surface area contributed by atoms with Crippen molar-refractivity contribution in [3.63, 3.8) is 0 Å². The van der Waals surface area contributed by atoms with Crippen LogP contribution in [0.15, 0.2) is 24.5 Å². The van der Waals surface area contributed by atoms with Crippen LogP contribution in [-0.4, -0.2) is 57.8 Å². The summed E-state index contributed by atoms with van der Waals surface area (Å²) in [6.07, 6.45) is 7.06. The Morgan fingerprint density at radius 1 is 1.18 bits per heavy atom. The van der Waals surface area contributed by atoms with Crippen LogP contribution in [0.3, 0.4) is 0 Å². The quantitative estimate of drug-likeness (QED) is 0.544. The number of carbonyl (C=O) groups excluding carboxylic acids is 1. The van der Waals surface area contributed by atoms with Crippen molar-refractivity contribution >= 4 is 40.6 Å². The van der Waals surface area contributed by atoms with E-state index in [1.807, 2.05) is 12.3 Å². The predicted molar refractivity (Wildman–Crippen MR) is 130 cm³/mol. The van der Waals surface area contributed by atoms with Gasteiger partial charge in [-0.15, -0.1) is 11.3 Å². The van der Waals surface area contributed by atoms with Gasteiger partial charge in [0.15, 0.2) is 5.82 Å². The molecule has 1 saturated heterocycles. The second kappa shape index (κ2) is 7.96. The molecule has 0 aromatic carbocycles. The van der Waals surface area contributed by atoms with Crippen molar-refractivity contribution in [2.45, 2.75) is 37.1 Å². The smallest absolute Gasteiger partial charge is 0.257 e. The molecule has 5 heterocycles. The summed E-state index contributed by atoms with van der Waals surface area (Å²) >= 11 is 7.96. The number of thiophene rings is 1. The topological polar surface area (TPSA) is 74.2 Å². The molecule has 3 aromatic heterocycles. The van der Waals surface area contributed by atoms with Gasteiger partial charge in [-0.2, -0.15) is 0 Å². The summed E-state index contributed by atoms with van der Waals surface area (Å²) in [5.41, 5.74) is 1.53. The maximum Gasteiger partial charge on any atom is 0.257 e. The van der Waals surface area contributed by atoms with Crippen molar-refractivity contribution in [2.75, 3.05) is 32.5 Å². The summed E-state index contributed by atoms with van der Waals surface area (Å²) in [7, 11) is 3.95. The number of amides is 1. The van der Waals surface area contributed by atoms with Crippen LogP contribution in [0, 0.1) is 5.82 Å². The van der Waals surface area contributed by atoms with Gasteiger partial charge < -0.3 is 15.1 Å². The molecule has 34 heavy (non-hydrogen) atoms. The molecule has 6 rings (SSSR count).